The number of benzene rings is 1. The second-order valence-corrected chi connectivity index (χ2v) is 6.37. The molecule has 0 spiro atoms. The van der Waals surface area contributed by atoms with Crippen LogP contribution in [-0.2, 0) is 4.74 Å². The summed E-state index contributed by atoms with van der Waals surface area (Å²) in [6, 6.07) is 9.29. The fraction of sp³-hybridized carbons (Fsp3) is 0.300. The summed E-state index contributed by atoms with van der Waals surface area (Å²) in [4.78, 5) is 42.1. The molecule has 0 unspecified atom stereocenters. The number of esters is 1. The maximum absolute atomic E-state index is 12.4. The van der Waals surface area contributed by atoms with Gasteiger partial charge in [-0.2, -0.15) is 0 Å². The molecule has 2 amide bonds. The lowest BCUT2D eigenvalue weighted by atomic mass is 10.1. The first-order valence-electron chi connectivity index (χ1n) is 8.79. The first kappa shape index (κ1) is 21.0. The molecule has 0 aliphatic carbocycles. The van der Waals surface area contributed by atoms with Crippen molar-refractivity contribution >= 4 is 23.5 Å². The fourth-order valence-electron chi connectivity index (χ4n) is 2.39. The van der Waals surface area contributed by atoms with Gasteiger partial charge in [-0.1, -0.05) is 0 Å². The zero-order valence-electron chi connectivity index (χ0n) is 16.2. The van der Waals surface area contributed by atoms with Gasteiger partial charge in [0, 0.05) is 24.0 Å². The molecule has 8 nitrogen and oxygen atoms in total. The highest BCUT2D eigenvalue weighted by atomic mass is 16.5. The Morgan fingerprint density at radius 1 is 1.04 bits per heavy atom. The number of anilines is 1. The molecule has 28 heavy (non-hydrogen) atoms. The van der Waals surface area contributed by atoms with Crippen LogP contribution >= 0.6 is 0 Å². The summed E-state index contributed by atoms with van der Waals surface area (Å²) in [5.41, 5.74) is 1.39. The molecule has 8 heteroatoms. The van der Waals surface area contributed by atoms with E-state index >= 15 is 0 Å². The van der Waals surface area contributed by atoms with Crippen molar-refractivity contribution in [2.45, 2.75) is 6.42 Å². The number of nitrogens with one attached hydrogen (secondary N) is 2. The summed E-state index contributed by atoms with van der Waals surface area (Å²) in [6.07, 6.45) is 2.24. The normalized spacial score (nSPS) is 10.4. The molecule has 1 aromatic carbocycles. The Balaban J connectivity index is 1.97. The molecule has 0 atom stereocenters. The van der Waals surface area contributed by atoms with Gasteiger partial charge in [-0.15, -0.1) is 0 Å². The number of methoxy groups -OCH3 is 1. The molecule has 0 aliphatic rings. The molecule has 1 heterocycles. The Bertz CT molecular complexity index is 834. The standard InChI is InChI=1S/C20H24N4O4/c1-24(2)12-4-10-22-19(26)17-13-15(9-11-21-17)18(25)23-16-7-5-14(6-8-16)20(27)28-3/h5-9,11,13H,4,10,12H2,1-3H3,(H,22,26)(H,23,25). The van der Waals surface area contributed by atoms with Crippen LogP contribution in [0.15, 0.2) is 42.6 Å². The maximum atomic E-state index is 12.4. The van der Waals surface area contributed by atoms with Gasteiger partial charge in [0.1, 0.15) is 5.69 Å². The SMILES string of the molecule is COC(=O)c1ccc(NC(=O)c2ccnc(C(=O)NCCCN(C)C)c2)cc1. The van der Waals surface area contributed by atoms with E-state index in [9.17, 15) is 14.4 Å². The summed E-state index contributed by atoms with van der Waals surface area (Å²) in [6.45, 7) is 1.40. The zero-order valence-corrected chi connectivity index (χ0v) is 16.2. The number of rotatable bonds is 8. The van der Waals surface area contributed by atoms with Gasteiger partial charge in [-0.25, -0.2) is 4.79 Å². The molecular weight excluding hydrogens is 360 g/mol. The van der Waals surface area contributed by atoms with Gasteiger partial charge in [-0.05, 0) is 63.5 Å². The molecule has 0 saturated heterocycles. The molecule has 0 fully saturated rings. The van der Waals surface area contributed by atoms with Crippen LogP contribution in [0.3, 0.4) is 0 Å². The monoisotopic (exact) mass is 384 g/mol. The number of hydrogen-bond donors (Lipinski definition) is 2. The van der Waals surface area contributed by atoms with Gasteiger partial charge < -0.3 is 20.3 Å². The molecule has 0 radical (unpaired) electrons. The molecule has 0 aliphatic heterocycles. The predicted octanol–water partition coefficient (Wildman–Crippen LogP) is 1.80. The van der Waals surface area contributed by atoms with Crippen LogP contribution in [0.1, 0.15) is 37.6 Å². The third-order valence-electron chi connectivity index (χ3n) is 3.89. The minimum Gasteiger partial charge on any atom is -0.465 e. The van der Waals surface area contributed by atoms with Crippen molar-refractivity contribution in [3.05, 3.63) is 59.4 Å². The molecule has 2 aromatic rings. The molecule has 1 aromatic heterocycles. The Labute approximate surface area is 163 Å². The van der Waals surface area contributed by atoms with E-state index in [1.165, 1.54) is 25.4 Å². The van der Waals surface area contributed by atoms with Crippen LogP contribution in [0.2, 0.25) is 0 Å². The van der Waals surface area contributed by atoms with Crippen molar-refractivity contribution in [1.29, 1.82) is 0 Å². The van der Waals surface area contributed by atoms with Crippen LogP contribution in [0.4, 0.5) is 5.69 Å². The highest BCUT2D eigenvalue weighted by molar-refractivity contribution is 6.05. The lowest BCUT2D eigenvalue weighted by Crippen LogP contribution is -2.28. The summed E-state index contributed by atoms with van der Waals surface area (Å²) < 4.78 is 4.64. The third-order valence-corrected chi connectivity index (χ3v) is 3.89. The highest BCUT2D eigenvalue weighted by Crippen LogP contribution is 2.12. The Morgan fingerprint density at radius 2 is 1.75 bits per heavy atom. The number of aromatic nitrogens is 1. The van der Waals surface area contributed by atoms with Gasteiger partial charge in [0.2, 0.25) is 0 Å². The number of carbonyl (C=O) groups excluding carboxylic acids is 3. The van der Waals surface area contributed by atoms with E-state index < -0.39 is 5.97 Å². The lowest BCUT2D eigenvalue weighted by Gasteiger charge is -2.10. The minimum atomic E-state index is -0.451. The second-order valence-electron chi connectivity index (χ2n) is 6.37. The number of carbonyl (C=O) groups is 3. The Morgan fingerprint density at radius 3 is 2.39 bits per heavy atom. The molecule has 0 bridgehead atoms. The molecular formula is C20H24N4O4. The largest absolute Gasteiger partial charge is 0.465 e. The maximum Gasteiger partial charge on any atom is 0.337 e. The Kier molecular flexibility index (Phi) is 7.65. The summed E-state index contributed by atoms with van der Waals surface area (Å²) in [5.74, 6) is -1.15. The van der Waals surface area contributed by atoms with Crippen molar-refractivity contribution in [1.82, 2.24) is 15.2 Å². The van der Waals surface area contributed by atoms with Crippen LogP contribution in [0, 0.1) is 0 Å². The smallest absolute Gasteiger partial charge is 0.337 e. The zero-order chi connectivity index (χ0) is 20.5. The second kappa shape index (κ2) is 10.2. The van der Waals surface area contributed by atoms with E-state index in [0.29, 0.717) is 23.4 Å². The van der Waals surface area contributed by atoms with Gasteiger partial charge in [0.15, 0.2) is 0 Å². The number of nitrogens with zero attached hydrogens (tertiary/aromatic N) is 2. The van der Waals surface area contributed by atoms with E-state index in [4.69, 9.17) is 0 Å². The quantitative estimate of drug-likeness (QED) is 0.532. The van der Waals surface area contributed by atoms with Crippen LogP contribution in [0.5, 0.6) is 0 Å². The van der Waals surface area contributed by atoms with E-state index in [-0.39, 0.29) is 17.5 Å². The van der Waals surface area contributed by atoms with E-state index in [1.54, 1.807) is 24.3 Å². The molecule has 2 rings (SSSR count). The van der Waals surface area contributed by atoms with Crippen LogP contribution in [0.25, 0.3) is 0 Å². The van der Waals surface area contributed by atoms with Gasteiger partial charge in [0.05, 0.1) is 12.7 Å². The van der Waals surface area contributed by atoms with Crippen LogP contribution in [-0.4, -0.2) is 62.0 Å². The number of ether oxygens (including phenoxy) is 1. The van der Waals surface area contributed by atoms with E-state index in [0.717, 1.165) is 13.0 Å². The summed E-state index contributed by atoms with van der Waals surface area (Å²) in [5, 5.41) is 5.51. The van der Waals surface area contributed by atoms with Crippen molar-refractivity contribution in [3.63, 3.8) is 0 Å². The van der Waals surface area contributed by atoms with Crippen molar-refractivity contribution < 1.29 is 19.1 Å². The Hall–Kier alpha value is -3.26. The molecule has 148 valence electrons. The minimum absolute atomic E-state index is 0.179. The fourth-order valence-corrected chi connectivity index (χ4v) is 2.39. The van der Waals surface area contributed by atoms with E-state index in [2.05, 4.69) is 20.4 Å². The predicted molar refractivity (Wildman–Crippen MR) is 105 cm³/mol. The third kappa shape index (κ3) is 6.17. The lowest BCUT2D eigenvalue weighted by molar-refractivity contribution is 0.0600. The average molecular weight is 384 g/mol. The summed E-state index contributed by atoms with van der Waals surface area (Å²) in [7, 11) is 5.24. The first-order valence-corrected chi connectivity index (χ1v) is 8.79. The highest BCUT2D eigenvalue weighted by Gasteiger charge is 2.12. The first-order chi connectivity index (χ1) is 13.4. The van der Waals surface area contributed by atoms with Crippen molar-refractivity contribution in [2.75, 3.05) is 39.6 Å². The molecule has 2 N–H and O–H groups in total. The van der Waals surface area contributed by atoms with Crippen molar-refractivity contribution in [3.8, 4) is 0 Å². The topological polar surface area (TPSA) is 101 Å². The van der Waals surface area contributed by atoms with Gasteiger partial charge >= 0.3 is 5.97 Å². The van der Waals surface area contributed by atoms with Gasteiger partial charge in [-0.3, -0.25) is 14.6 Å². The number of amides is 2. The van der Waals surface area contributed by atoms with Crippen molar-refractivity contribution in [2.24, 2.45) is 0 Å². The van der Waals surface area contributed by atoms with Gasteiger partial charge in [0.25, 0.3) is 11.8 Å². The van der Waals surface area contributed by atoms with E-state index in [1.807, 2.05) is 19.0 Å². The molecule has 0 saturated carbocycles. The number of hydrogen-bond acceptors (Lipinski definition) is 6. The number of pyridine rings is 1. The summed E-state index contributed by atoms with van der Waals surface area (Å²) >= 11 is 0. The van der Waals surface area contributed by atoms with Crippen LogP contribution < -0.4 is 10.6 Å². The average Bonchev–Trinajstić information content (AvgIpc) is 2.71.